The summed E-state index contributed by atoms with van der Waals surface area (Å²) in [4.78, 5) is 29.3. The molecule has 0 bridgehead atoms. The number of carbonyl (C=O) groups excluding carboxylic acids is 1. The first-order chi connectivity index (χ1) is 12.9. The Labute approximate surface area is 159 Å². The minimum atomic E-state index is -0.851. The molecule has 1 aliphatic carbocycles. The lowest BCUT2D eigenvalue weighted by Crippen LogP contribution is -2.44. The van der Waals surface area contributed by atoms with E-state index in [9.17, 15) is 14.7 Å². The number of aromatic nitrogens is 3. The Balaban J connectivity index is 1.87. The summed E-state index contributed by atoms with van der Waals surface area (Å²) in [6.45, 7) is 6.15. The summed E-state index contributed by atoms with van der Waals surface area (Å²) in [6.07, 6.45) is 6.65. The Morgan fingerprint density at radius 1 is 1.33 bits per heavy atom. The number of nitrogens with one attached hydrogen (secondary N) is 1. The number of fused-ring (bicyclic) bond motifs is 1. The molecule has 1 saturated carbocycles. The Morgan fingerprint density at radius 2 is 2.04 bits per heavy atom. The lowest BCUT2D eigenvalue weighted by molar-refractivity contribution is -0.150. The van der Waals surface area contributed by atoms with Crippen molar-refractivity contribution in [2.24, 2.45) is 5.41 Å². The first-order valence-electron chi connectivity index (χ1n) is 9.74. The van der Waals surface area contributed by atoms with E-state index in [1.807, 2.05) is 11.6 Å². The van der Waals surface area contributed by atoms with Crippen LogP contribution in [-0.4, -0.2) is 38.3 Å². The molecular weight excluding hydrogens is 344 g/mol. The van der Waals surface area contributed by atoms with Gasteiger partial charge >= 0.3 is 5.97 Å². The van der Waals surface area contributed by atoms with Crippen molar-refractivity contribution in [1.82, 2.24) is 20.1 Å². The Bertz CT molecular complexity index is 852. The maximum atomic E-state index is 12.9. The lowest BCUT2D eigenvalue weighted by Gasteiger charge is -2.33. The SMILES string of the molecule is CCC(C)n1ncc2c(C(=O)NCC3(C(=O)O)CCCCC3)cc(C)nc21. The second-order valence-corrected chi connectivity index (χ2v) is 7.72. The van der Waals surface area contributed by atoms with Gasteiger partial charge in [-0.2, -0.15) is 5.10 Å². The van der Waals surface area contributed by atoms with E-state index in [1.54, 1.807) is 12.3 Å². The second-order valence-electron chi connectivity index (χ2n) is 7.72. The van der Waals surface area contributed by atoms with Crippen LogP contribution < -0.4 is 5.32 Å². The summed E-state index contributed by atoms with van der Waals surface area (Å²) in [7, 11) is 0. The van der Waals surface area contributed by atoms with E-state index < -0.39 is 11.4 Å². The molecule has 0 aromatic carbocycles. The van der Waals surface area contributed by atoms with Gasteiger partial charge in [0.2, 0.25) is 0 Å². The molecule has 7 nitrogen and oxygen atoms in total. The maximum absolute atomic E-state index is 12.9. The normalized spacial score (nSPS) is 17.6. The fourth-order valence-electron chi connectivity index (χ4n) is 3.87. The van der Waals surface area contributed by atoms with Gasteiger partial charge in [-0.05, 0) is 39.2 Å². The molecule has 2 aromatic heterocycles. The van der Waals surface area contributed by atoms with Crippen molar-refractivity contribution in [1.29, 1.82) is 0 Å². The molecule has 27 heavy (non-hydrogen) atoms. The number of nitrogens with zero attached hydrogens (tertiary/aromatic N) is 3. The average Bonchev–Trinajstić information content (AvgIpc) is 3.09. The third-order valence-electron chi connectivity index (χ3n) is 5.80. The van der Waals surface area contributed by atoms with Crippen LogP contribution in [0.25, 0.3) is 11.0 Å². The van der Waals surface area contributed by atoms with E-state index in [2.05, 4.69) is 29.2 Å². The molecule has 1 aliphatic rings. The molecule has 0 aliphatic heterocycles. The number of amides is 1. The number of hydrogen-bond donors (Lipinski definition) is 2. The molecule has 2 N–H and O–H groups in total. The summed E-state index contributed by atoms with van der Waals surface area (Å²) < 4.78 is 1.85. The number of rotatable bonds is 6. The van der Waals surface area contributed by atoms with Crippen LogP contribution in [-0.2, 0) is 4.79 Å². The third-order valence-corrected chi connectivity index (χ3v) is 5.80. The van der Waals surface area contributed by atoms with Crippen molar-refractivity contribution in [2.45, 2.75) is 65.3 Å². The quantitative estimate of drug-likeness (QED) is 0.809. The van der Waals surface area contributed by atoms with Gasteiger partial charge in [-0.15, -0.1) is 0 Å². The van der Waals surface area contributed by atoms with Gasteiger partial charge in [0.25, 0.3) is 5.91 Å². The van der Waals surface area contributed by atoms with Crippen LogP contribution in [0.5, 0.6) is 0 Å². The van der Waals surface area contributed by atoms with E-state index >= 15 is 0 Å². The van der Waals surface area contributed by atoms with Gasteiger partial charge in [0.1, 0.15) is 0 Å². The summed E-state index contributed by atoms with van der Waals surface area (Å²) in [5, 5.41) is 17.7. The Morgan fingerprint density at radius 3 is 2.67 bits per heavy atom. The number of hydrogen-bond acceptors (Lipinski definition) is 4. The number of carboxylic acids is 1. The van der Waals surface area contributed by atoms with Gasteiger partial charge in [-0.3, -0.25) is 9.59 Å². The minimum Gasteiger partial charge on any atom is -0.481 e. The van der Waals surface area contributed by atoms with Gasteiger partial charge in [-0.1, -0.05) is 26.2 Å². The van der Waals surface area contributed by atoms with Crippen molar-refractivity contribution < 1.29 is 14.7 Å². The third kappa shape index (κ3) is 3.68. The molecule has 146 valence electrons. The zero-order valence-corrected chi connectivity index (χ0v) is 16.3. The van der Waals surface area contributed by atoms with Crippen molar-refractivity contribution in [2.75, 3.05) is 6.54 Å². The van der Waals surface area contributed by atoms with Crippen LogP contribution in [0.4, 0.5) is 0 Å². The van der Waals surface area contributed by atoms with Gasteiger partial charge < -0.3 is 10.4 Å². The molecule has 0 saturated heterocycles. The van der Waals surface area contributed by atoms with E-state index in [0.29, 0.717) is 29.4 Å². The number of aryl methyl sites for hydroxylation is 1. The monoisotopic (exact) mass is 372 g/mol. The number of aliphatic carboxylic acids is 1. The summed E-state index contributed by atoms with van der Waals surface area (Å²) in [5.41, 5.74) is 1.09. The fourth-order valence-corrected chi connectivity index (χ4v) is 3.87. The van der Waals surface area contributed by atoms with Crippen LogP contribution in [0.15, 0.2) is 12.3 Å². The van der Waals surface area contributed by atoms with Crippen molar-refractivity contribution in [3.63, 3.8) is 0 Å². The molecule has 1 fully saturated rings. The van der Waals surface area contributed by atoms with Crippen molar-refractivity contribution in [3.05, 3.63) is 23.5 Å². The van der Waals surface area contributed by atoms with Crippen LogP contribution in [0.1, 0.15) is 74.5 Å². The Kier molecular flexibility index (Phi) is 5.48. The topological polar surface area (TPSA) is 97.1 Å². The minimum absolute atomic E-state index is 0.156. The molecule has 1 unspecified atom stereocenters. The van der Waals surface area contributed by atoms with Crippen molar-refractivity contribution >= 4 is 22.9 Å². The fraction of sp³-hybridized carbons (Fsp3) is 0.600. The average molecular weight is 372 g/mol. The lowest BCUT2D eigenvalue weighted by atomic mass is 9.74. The number of carboxylic acid groups (broad SMARTS) is 1. The van der Waals surface area contributed by atoms with E-state index in [-0.39, 0.29) is 18.5 Å². The summed E-state index contributed by atoms with van der Waals surface area (Å²) in [6, 6.07) is 1.93. The summed E-state index contributed by atoms with van der Waals surface area (Å²) >= 11 is 0. The first-order valence-corrected chi connectivity index (χ1v) is 9.74. The zero-order chi connectivity index (χ0) is 19.6. The molecular formula is C20H28N4O3. The molecule has 1 amide bonds. The van der Waals surface area contributed by atoms with E-state index in [0.717, 1.165) is 31.4 Å². The Hall–Kier alpha value is -2.44. The standard InChI is InChI=1S/C20H28N4O3/c1-4-14(3)24-17-16(11-22-24)15(10-13(2)23-17)18(25)21-12-20(19(26)27)8-6-5-7-9-20/h10-11,14H,4-9,12H2,1-3H3,(H,21,25)(H,26,27). The highest BCUT2D eigenvalue weighted by Crippen LogP contribution is 2.36. The molecule has 3 rings (SSSR count). The molecule has 2 aromatic rings. The molecule has 0 radical (unpaired) electrons. The van der Waals surface area contributed by atoms with E-state index in [1.165, 1.54) is 0 Å². The highest BCUT2D eigenvalue weighted by atomic mass is 16.4. The second kappa shape index (κ2) is 7.66. The predicted octanol–water partition coefficient (Wildman–Crippen LogP) is 3.48. The van der Waals surface area contributed by atoms with Crippen LogP contribution in [0, 0.1) is 12.3 Å². The first kappa shape index (κ1) is 19.3. The van der Waals surface area contributed by atoms with Crippen LogP contribution in [0.2, 0.25) is 0 Å². The largest absolute Gasteiger partial charge is 0.481 e. The van der Waals surface area contributed by atoms with E-state index in [4.69, 9.17) is 0 Å². The number of carbonyl (C=O) groups is 2. The molecule has 0 spiro atoms. The van der Waals surface area contributed by atoms with Crippen LogP contribution in [0.3, 0.4) is 0 Å². The van der Waals surface area contributed by atoms with Gasteiger partial charge in [0.05, 0.1) is 28.6 Å². The van der Waals surface area contributed by atoms with Gasteiger partial charge in [0, 0.05) is 12.2 Å². The van der Waals surface area contributed by atoms with Crippen molar-refractivity contribution in [3.8, 4) is 0 Å². The molecule has 1 atom stereocenters. The highest BCUT2D eigenvalue weighted by Gasteiger charge is 2.40. The zero-order valence-electron chi connectivity index (χ0n) is 16.3. The predicted molar refractivity (Wildman–Crippen MR) is 103 cm³/mol. The molecule has 7 heteroatoms. The number of pyridine rings is 1. The summed E-state index contributed by atoms with van der Waals surface area (Å²) in [5.74, 6) is -1.08. The van der Waals surface area contributed by atoms with Gasteiger partial charge in [0.15, 0.2) is 5.65 Å². The van der Waals surface area contributed by atoms with Crippen LogP contribution >= 0.6 is 0 Å². The molecule has 2 heterocycles. The van der Waals surface area contributed by atoms with Gasteiger partial charge in [-0.25, -0.2) is 9.67 Å². The highest BCUT2D eigenvalue weighted by molar-refractivity contribution is 6.05. The maximum Gasteiger partial charge on any atom is 0.311 e. The smallest absolute Gasteiger partial charge is 0.311 e.